The highest BCUT2D eigenvalue weighted by molar-refractivity contribution is 7.99. The minimum Gasteiger partial charge on any atom is -0.398 e. The van der Waals surface area contributed by atoms with Crippen LogP contribution in [0.2, 0.25) is 0 Å². The Morgan fingerprint density at radius 3 is 3.14 bits per heavy atom. The van der Waals surface area contributed by atoms with Gasteiger partial charge < -0.3 is 11.1 Å². The quantitative estimate of drug-likeness (QED) is 0.837. The largest absolute Gasteiger partial charge is 0.398 e. The lowest BCUT2D eigenvalue weighted by Crippen LogP contribution is -2.17. The van der Waals surface area contributed by atoms with E-state index in [1.165, 1.54) is 12.5 Å². The van der Waals surface area contributed by atoms with E-state index < -0.39 is 0 Å². The van der Waals surface area contributed by atoms with Gasteiger partial charge in [0.15, 0.2) is 5.82 Å². The maximum absolute atomic E-state index is 14.3. The maximum atomic E-state index is 14.3. The highest BCUT2D eigenvalue weighted by Crippen LogP contribution is 2.35. The van der Waals surface area contributed by atoms with E-state index in [9.17, 15) is 4.39 Å². The number of hydrogen-bond acceptors (Lipinski definition) is 4. The number of nitrogens with two attached hydrogens (primary N) is 1. The van der Waals surface area contributed by atoms with Crippen LogP contribution in [-0.2, 0) is 0 Å². The highest BCUT2D eigenvalue weighted by atomic mass is 32.2. The van der Waals surface area contributed by atoms with E-state index in [1.807, 2.05) is 23.9 Å². The average Bonchev–Trinajstić information content (AvgIpc) is 2.91. The minimum atomic E-state index is -0.315. The SMILES string of the molecule is CCSC1CCC(Nc2c(F)cc(N)c3cccnc23)C1. The van der Waals surface area contributed by atoms with Crippen LogP contribution in [0.15, 0.2) is 24.4 Å². The molecule has 0 aliphatic heterocycles. The summed E-state index contributed by atoms with van der Waals surface area (Å²) in [6.07, 6.45) is 5.03. The van der Waals surface area contributed by atoms with Gasteiger partial charge in [-0.2, -0.15) is 11.8 Å². The Labute approximate surface area is 128 Å². The second-order valence-electron chi connectivity index (χ2n) is 5.45. The van der Waals surface area contributed by atoms with Crippen LogP contribution in [0.1, 0.15) is 26.2 Å². The molecule has 2 aromatic rings. The molecule has 2 unspecified atom stereocenters. The van der Waals surface area contributed by atoms with Gasteiger partial charge in [-0.15, -0.1) is 0 Å². The standard InChI is InChI=1S/C16H20FN3S/c1-2-21-11-6-5-10(8-11)20-16-13(17)9-14(18)12-4-3-7-19-15(12)16/h3-4,7,9-11,20H,2,5-6,8,18H2,1H3. The Morgan fingerprint density at radius 1 is 1.48 bits per heavy atom. The molecule has 1 aliphatic rings. The normalized spacial score (nSPS) is 21.8. The Bertz CT molecular complexity index is 647. The van der Waals surface area contributed by atoms with Gasteiger partial charge >= 0.3 is 0 Å². The molecular formula is C16H20FN3S. The van der Waals surface area contributed by atoms with E-state index >= 15 is 0 Å². The summed E-state index contributed by atoms with van der Waals surface area (Å²) in [5, 5.41) is 4.85. The fourth-order valence-corrected chi connectivity index (χ4v) is 4.18. The zero-order valence-corrected chi connectivity index (χ0v) is 12.9. The number of rotatable bonds is 4. The van der Waals surface area contributed by atoms with Crippen molar-refractivity contribution in [2.75, 3.05) is 16.8 Å². The second kappa shape index (κ2) is 6.10. The van der Waals surface area contributed by atoms with E-state index in [4.69, 9.17) is 5.73 Å². The molecule has 2 atom stereocenters. The van der Waals surface area contributed by atoms with Crippen LogP contribution in [0.25, 0.3) is 10.9 Å². The molecule has 112 valence electrons. The van der Waals surface area contributed by atoms with Gasteiger partial charge in [0.1, 0.15) is 0 Å². The molecule has 1 aliphatic carbocycles. The lowest BCUT2D eigenvalue weighted by molar-refractivity contribution is 0.626. The van der Waals surface area contributed by atoms with Crippen LogP contribution in [-0.4, -0.2) is 22.0 Å². The molecule has 3 N–H and O–H groups in total. The number of thioether (sulfide) groups is 1. The third-order valence-corrected chi connectivity index (χ3v) is 5.24. The number of hydrogen-bond donors (Lipinski definition) is 2. The van der Waals surface area contributed by atoms with E-state index in [1.54, 1.807) is 6.20 Å². The summed E-state index contributed by atoms with van der Waals surface area (Å²) in [4.78, 5) is 4.31. The van der Waals surface area contributed by atoms with Crippen molar-refractivity contribution in [3.63, 3.8) is 0 Å². The topological polar surface area (TPSA) is 50.9 Å². The molecule has 5 heteroatoms. The van der Waals surface area contributed by atoms with E-state index in [-0.39, 0.29) is 5.82 Å². The zero-order valence-electron chi connectivity index (χ0n) is 12.1. The van der Waals surface area contributed by atoms with Crippen molar-refractivity contribution >= 4 is 34.0 Å². The number of benzene rings is 1. The third-order valence-electron chi connectivity index (χ3n) is 4.01. The van der Waals surface area contributed by atoms with Crippen molar-refractivity contribution < 1.29 is 4.39 Å². The fraction of sp³-hybridized carbons (Fsp3) is 0.438. The number of halogens is 1. The number of nitrogens with zero attached hydrogens (tertiary/aromatic N) is 1. The van der Waals surface area contributed by atoms with Crippen molar-refractivity contribution in [3.8, 4) is 0 Å². The van der Waals surface area contributed by atoms with Crippen LogP contribution in [0.4, 0.5) is 15.8 Å². The summed E-state index contributed by atoms with van der Waals surface area (Å²) in [6.45, 7) is 2.18. The monoisotopic (exact) mass is 305 g/mol. The van der Waals surface area contributed by atoms with Crippen molar-refractivity contribution in [1.29, 1.82) is 0 Å². The molecular weight excluding hydrogens is 285 g/mol. The molecule has 3 nitrogen and oxygen atoms in total. The third kappa shape index (κ3) is 2.93. The van der Waals surface area contributed by atoms with Crippen molar-refractivity contribution in [2.45, 2.75) is 37.5 Å². The number of aromatic nitrogens is 1. The Morgan fingerprint density at radius 2 is 2.33 bits per heavy atom. The lowest BCUT2D eigenvalue weighted by atomic mass is 10.1. The van der Waals surface area contributed by atoms with Gasteiger partial charge in [0.2, 0.25) is 0 Å². The van der Waals surface area contributed by atoms with Crippen molar-refractivity contribution in [3.05, 3.63) is 30.2 Å². The number of nitrogen functional groups attached to an aromatic ring is 1. The molecule has 0 amide bonds. The smallest absolute Gasteiger partial charge is 0.150 e. The molecule has 1 aromatic carbocycles. The van der Waals surface area contributed by atoms with Gasteiger partial charge in [0.05, 0.1) is 11.2 Å². The first-order valence-corrected chi connectivity index (χ1v) is 8.44. The van der Waals surface area contributed by atoms with Gasteiger partial charge in [-0.1, -0.05) is 6.92 Å². The summed E-state index contributed by atoms with van der Waals surface area (Å²) in [5.74, 6) is 0.822. The van der Waals surface area contributed by atoms with Crippen LogP contribution < -0.4 is 11.1 Å². The van der Waals surface area contributed by atoms with Gasteiger partial charge in [-0.25, -0.2) is 4.39 Å². The number of fused-ring (bicyclic) bond motifs is 1. The molecule has 1 fully saturated rings. The summed E-state index contributed by atoms with van der Waals surface area (Å²) >= 11 is 1.99. The van der Waals surface area contributed by atoms with E-state index in [0.717, 1.165) is 24.0 Å². The van der Waals surface area contributed by atoms with Crippen LogP contribution in [0, 0.1) is 5.82 Å². The Hall–Kier alpha value is -1.49. The Kier molecular flexibility index (Phi) is 4.19. The predicted molar refractivity (Wildman–Crippen MR) is 89.3 cm³/mol. The van der Waals surface area contributed by atoms with Crippen LogP contribution >= 0.6 is 11.8 Å². The van der Waals surface area contributed by atoms with Crippen LogP contribution in [0.3, 0.4) is 0 Å². The maximum Gasteiger partial charge on any atom is 0.150 e. The first-order chi connectivity index (χ1) is 10.2. The van der Waals surface area contributed by atoms with Crippen molar-refractivity contribution in [2.24, 2.45) is 0 Å². The van der Waals surface area contributed by atoms with E-state index in [2.05, 4.69) is 17.2 Å². The number of pyridine rings is 1. The highest BCUT2D eigenvalue weighted by Gasteiger charge is 2.26. The average molecular weight is 305 g/mol. The second-order valence-corrected chi connectivity index (χ2v) is 7.03. The Balaban J connectivity index is 1.87. The van der Waals surface area contributed by atoms with Crippen LogP contribution in [0.5, 0.6) is 0 Å². The first-order valence-electron chi connectivity index (χ1n) is 7.40. The predicted octanol–water partition coefficient (Wildman–Crippen LogP) is 4.04. The molecule has 0 radical (unpaired) electrons. The number of anilines is 2. The molecule has 0 bridgehead atoms. The van der Waals surface area contributed by atoms with Gasteiger partial charge in [-0.05, 0) is 43.2 Å². The molecule has 3 rings (SSSR count). The molecule has 21 heavy (non-hydrogen) atoms. The van der Waals surface area contributed by atoms with Gasteiger partial charge in [0.25, 0.3) is 0 Å². The zero-order chi connectivity index (χ0) is 14.8. The minimum absolute atomic E-state index is 0.315. The number of nitrogens with one attached hydrogen (secondary N) is 1. The van der Waals surface area contributed by atoms with Gasteiger partial charge in [-0.3, -0.25) is 4.98 Å². The summed E-state index contributed by atoms with van der Waals surface area (Å²) in [6, 6.07) is 5.41. The van der Waals surface area contributed by atoms with E-state index in [0.29, 0.717) is 28.2 Å². The summed E-state index contributed by atoms with van der Waals surface area (Å²) in [5.41, 5.74) is 7.44. The van der Waals surface area contributed by atoms with Crippen molar-refractivity contribution in [1.82, 2.24) is 4.98 Å². The fourth-order valence-electron chi connectivity index (χ4n) is 3.04. The molecule has 1 saturated carbocycles. The molecule has 1 aromatic heterocycles. The molecule has 0 saturated heterocycles. The lowest BCUT2D eigenvalue weighted by Gasteiger charge is -2.17. The first kappa shape index (κ1) is 14.4. The summed E-state index contributed by atoms with van der Waals surface area (Å²) < 4.78 is 14.3. The molecule has 0 spiro atoms. The molecule has 1 heterocycles. The summed E-state index contributed by atoms with van der Waals surface area (Å²) in [7, 11) is 0. The van der Waals surface area contributed by atoms with Gasteiger partial charge in [0, 0.05) is 28.6 Å².